The molecule has 0 aliphatic heterocycles. The summed E-state index contributed by atoms with van der Waals surface area (Å²) >= 11 is 4.73. The molecule has 0 amide bonds. The highest BCUT2D eigenvalue weighted by Gasteiger charge is 2.21. The minimum absolute atomic E-state index is 0.141. The first-order chi connectivity index (χ1) is 10.6. The first-order valence-corrected chi connectivity index (χ1v) is 8.80. The summed E-state index contributed by atoms with van der Waals surface area (Å²) in [5.74, 6) is -0.712. The maximum atomic E-state index is 12.2. The van der Waals surface area contributed by atoms with E-state index in [0.717, 1.165) is 10.5 Å². The number of hydrogen-bond acceptors (Lipinski definition) is 4. The monoisotopic (exact) mass is 378 g/mol. The fourth-order valence-corrected chi connectivity index (χ4v) is 2.74. The number of rotatable bonds is 6. The van der Waals surface area contributed by atoms with Crippen LogP contribution < -0.4 is 0 Å². The largest absolute Gasteiger partial charge is 0.442 e. The van der Waals surface area contributed by atoms with Crippen molar-refractivity contribution in [3.8, 4) is 0 Å². The van der Waals surface area contributed by atoms with Gasteiger partial charge in [-0.3, -0.25) is 9.59 Å². The molecule has 2 aromatic rings. The van der Waals surface area contributed by atoms with Crippen molar-refractivity contribution in [2.45, 2.75) is 16.3 Å². The van der Waals surface area contributed by atoms with Gasteiger partial charge in [0.15, 0.2) is 0 Å². The predicted molar refractivity (Wildman–Crippen MR) is 91.5 cm³/mol. The summed E-state index contributed by atoms with van der Waals surface area (Å²) in [6.45, 7) is 0. The Kier molecular flexibility index (Phi) is 6.21. The Bertz CT molecular complexity index is 641. The SMILES string of the molecule is CSc1ccc(C(=O)C(Br)OC(=O)Cc2ccccc2)cc1. The molecule has 0 spiro atoms. The van der Waals surface area contributed by atoms with Crippen LogP contribution in [0.15, 0.2) is 59.5 Å². The summed E-state index contributed by atoms with van der Waals surface area (Å²) in [6.07, 6.45) is 2.11. The van der Waals surface area contributed by atoms with E-state index in [1.165, 1.54) is 0 Å². The Labute approximate surface area is 142 Å². The summed E-state index contributed by atoms with van der Waals surface area (Å²) in [5.41, 5.74) is 1.36. The van der Waals surface area contributed by atoms with Crippen LogP contribution in [-0.4, -0.2) is 23.0 Å². The highest BCUT2D eigenvalue weighted by molar-refractivity contribution is 9.09. The Morgan fingerprint density at radius 1 is 1.09 bits per heavy atom. The first-order valence-electron chi connectivity index (χ1n) is 6.66. The summed E-state index contributed by atoms with van der Waals surface area (Å²) in [6, 6.07) is 16.5. The number of esters is 1. The van der Waals surface area contributed by atoms with E-state index in [9.17, 15) is 9.59 Å². The molecule has 0 aliphatic rings. The molecule has 0 heterocycles. The van der Waals surface area contributed by atoms with Crippen molar-refractivity contribution in [3.63, 3.8) is 0 Å². The van der Waals surface area contributed by atoms with Crippen LogP contribution in [0.25, 0.3) is 0 Å². The summed E-state index contributed by atoms with van der Waals surface area (Å²) in [5, 5.41) is -0.969. The number of benzene rings is 2. The molecule has 0 aliphatic carbocycles. The zero-order valence-corrected chi connectivity index (χ0v) is 14.4. The van der Waals surface area contributed by atoms with Gasteiger partial charge in [0, 0.05) is 10.5 Å². The number of alkyl halides is 1. The third kappa shape index (κ3) is 4.71. The maximum Gasteiger partial charge on any atom is 0.311 e. The molecular formula is C17H15BrO3S. The summed E-state index contributed by atoms with van der Waals surface area (Å²) < 4.78 is 5.15. The van der Waals surface area contributed by atoms with Gasteiger partial charge in [-0.05, 0) is 39.9 Å². The van der Waals surface area contributed by atoms with Gasteiger partial charge in [0.05, 0.1) is 6.42 Å². The van der Waals surface area contributed by atoms with Gasteiger partial charge >= 0.3 is 5.97 Å². The van der Waals surface area contributed by atoms with Crippen LogP contribution in [-0.2, 0) is 16.0 Å². The van der Waals surface area contributed by atoms with E-state index >= 15 is 0 Å². The molecule has 0 bridgehead atoms. The second-order valence-corrected chi connectivity index (χ2v) is 6.27. The molecule has 0 fully saturated rings. The van der Waals surface area contributed by atoms with E-state index in [1.54, 1.807) is 23.9 Å². The van der Waals surface area contributed by atoms with Gasteiger partial charge in [0.2, 0.25) is 10.8 Å². The number of thioether (sulfide) groups is 1. The third-order valence-corrected chi connectivity index (χ3v) is 4.35. The van der Waals surface area contributed by atoms with E-state index < -0.39 is 11.0 Å². The van der Waals surface area contributed by atoms with Gasteiger partial charge in [-0.2, -0.15) is 0 Å². The highest BCUT2D eigenvalue weighted by Crippen LogP contribution is 2.18. The van der Waals surface area contributed by atoms with Crippen molar-refractivity contribution in [2.75, 3.05) is 6.26 Å². The molecule has 5 heteroatoms. The molecule has 114 valence electrons. The van der Waals surface area contributed by atoms with Crippen molar-refractivity contribution < 1.29 is 14.3 Å². The Morgan fingerprint density at radius 2 is 1.73 bits per heavy atom. The Hall–Kier alpha value is -1.59. The smallest absolute Gasteiger partial charge is 0.311 e. The third-order valence-electron chi connectivity index (χ3n) is 3.01. The lowest BCUT2D eigenvalue weighted by molar-refractivity contribution is -0.142. The van der Waals surface area contributed by atoms with Gasteiger partial charge in [0.25, 0.3) is 0 Å². The lowest BCUT2D eigenvalue weighted by atomic mass is 10.1. The topological polar surface area (TPSA) is 43.4 Å². The minimum atomic E-state index is -0.969. The van der Waals surface area contributed by atoms with Crippen molar-refractivity contribution in [1.29, 1.82) is 0 Å². The first kappa shape index (κ1) is 16.8. The molecule has 2 rings (SSSR count). The molecular weight excluding hydrogens is 364 g/mol. The van der Waals surface area contributed by atoms with E-state index in [0.29, 0.717) is 5.56 Å². The fourth-order valence-electron chi connectivity index (χ4n) is 1.86. The number of halogens is 1. The molecule has 0 radical (unpaired) electrons. The molecule has 0 saturated carbocycles. The highest BCUT2D eigenvalue weighted by atomic mass is 79.9. The Balaban J connectivity index is 1.94. The molecule has 0 aromatic heterocycles. The van der Waals surface area contributed by atoms with Gasteiger partial charge in [-0.1, -0.05) is 42.5 Å². The van der Waals surface area contributed by atoms with Crippen LogP contribution >= 0.6 is 27.7 Å². The van der Waals surface area contributed by atoms with Crippen LogP contribution in [0.4, 0.5) is 0 Å². The lowest BCUT2D eigenvalue weighted by Crippen LogP contribution is -2.22. The van der Waals surface area contributed by atoms with Crippen molar-refractivity contribution in [2.24, 2.45) is 0 Å². The standard InChI is InChI=1S/C17H15BrO3S/c1-22-14-9-7-13(8-10-14)16(20)17(18)21-15(19)11-12-5-3-2-4-6-12/h2-10,17H,11H2,1H3. The van der Waals surface area contributed by atoms with Gasteiger partial charge in [-0.15, -0.1) is 11.8 Å². The molecule has 0 saturated heterocycles. The number of ketones is 1. The normalized spacial score (nSPS) is 11.7. The van der Waals surface area contributed by atoms with Gasteiger partial charge in [0.1, 0.15) is 0 Å². The van der Waals surface area contributed by atoms with E-state index in [1.807, 2.05) is 48.7 Å². The maximum absolute atomic E-state index is 12.2. The number of carbonyl (C=O) groups excluding carboxylic acids is 2. The van der Waals surface area contributed by atoms with E-state index in [-0.39, 0.29) is 12.2 Å². The second-order valence-electron chi connectivity index (χ2n) is 4.56. The lowest BCUT2D eigenvalue weighted by Gasteiger charge is -2.11. The van der Waals surface area contributed by atoms with Crippen molar-refractivity contribution in [3.05, 3.63) is 65.7 Å². The predicted octanol–water partition coefficient (Wildman–Crippen LogP) is 4.10. The molecule has 0 N–H and O–H groups in total. The second kappa shape index (κ2) is 8.15. The fraction of sp³-hybridized carbons (Fsp3) is 0.176. The number of ether oxygens (including phenoxy) is 1. The average molecular weight is 379 g/mol. The molecule has 2 aromatic carbocycles. The molecule has 22 heavy (non-hydrogen) atoms. The van der Waals surface area contributed by atoms with Crippen LogP contribution in [0, 0.1) is 0 Å². The molecule has 3 nitrogen and oxygen atoms in total. The zero-order chi connectivity index (χ0) is 15.9. The van der Waals surface area contributed by atoms with Crippen LogP contribution in [0.2, 0.25) is 0 Å². The van der Waals surface area contributed by atoms with Crippen LogP contribution in [0.5, 0.6) is 0 Å². The minimum Gasteiger partial charge on any atom is -0.442 e. The van der Waals surface area contributed by atoms with Crippen molar-refractivity contribution in [1.82, 2.24) is 0 Å². The van der Waals surface area contributed by atoms with Crippen LogP contribution in [0.3, 0.4) is 0 Å². The quantitative estimate of drug-likeness (QED) is 0.328. The van der Waals surface area contributed by atoms with Gasteiger partial charge in [-0.25, -0.2) is 0 Å². The van der Waals surface area contributed by atoms with Gasteiger partial charge < -0.3 is 4.74 Å². The average Bonchev–Trinajstić information content (AvgIpc) is 2.55. The van der Waals surface area contributed by atoms with E-state index in [2.05, 4.69) is 15.9 Å². The summed E-state index contributed by atoms with van der Waals surface area (Å²) in [4.78, 5) is 25.1. The Morgan fingerprint density at radius 3 is 2.32 bits per heavy atom. The molecule has 1 unspecified atom stereocenters. The number of hydrogen-bond donors (Lipinski definition) is 0. The number of carbonyl (C=O) groups is 2. The molecule has 1 atom stereocenters. The summed E-state index contributed by atoms with van der Waals surface area (Å²) in [7, 11) is 0. The zero-order valence-electron chi connectivity index (χ0n) is 12.0. The van der Waals surface area contributed by atoms with Crippen LogP contribution in [0.1, 0.15) is 15.9 Å². The number of Topliss-reactive ketones (excluding diaryl/α,β-unsaturated/α-hetero) is 1. The van der Waals surface area contributed by atoms with Crippen molar-refractivity contribution >= 4 is 39.4 Å². The van der Waals surface area contributed by atoms with E-state index in [4.69, 9.17) is 4.74 Å².